The number of carbonyl (C=O) groups is 1. The molecule has 4 nitrogen and oxygen atoms in total. The molecule has 0 fully saturated rings. The average molecular weight is 236 g/mol. The quantitative estimate of drug-likeness (QED) is 0.795. The Balaban J connectivity index is 2.77. The van der Waals surface area contributed by atoms with Crippen molar-refractivity contribution < 1.29 is 9.53 Å². The molecule has 0 saturated carbocycles. The number of hydrogen-bond acceptors (Lipinski definition) is 4. The molecule has 0 bridgehead atoms. The summed E-state index contributed by atoms with van der Waals surface area (Å²) >= 11 is 0. The summed E-state index contributed by atoms with van der Waals surface area (Å²) in [7, 11) is 0. The molecule has 0 aliphatic heterocycles. The molecule has 0 aliphatic rings. The number of rotatable bonds is 5. The minimum Gasteiger partial charge on any atom is -0.461 e. The summed E-state index contributed by atoms with van der Waals surface area (Å²) in [6.07, 6.45) is 2.62. The number of nitrogens with two attached hydrogens (primary N) is 1. The van der Waals surface area contributed by atoms with Gasteiger partial charge in [-0.3, -0.25) is 0 Å². The minimum absolute atomic E-state index is 0.116. The van der Waals surface area contributed by atoms with E-state index in [9.17, 15) is 4.79 Å². The Bertz CT molecular complexity index is 362. The van der Waals surface area contributed by atoms with Crippen molar-refractivity contribution in [2.45, 2.75) is 39.2 Å². The van der Waals surface area contributed by atoms with Crippen molar-refractivity contribution in [1.29, 1.82) is 0 Å². The van der Waals surface area contributed by atoms with E-state index in [-0.39, 0.29) is 17.9 Å². The van der Waals surface area contributed by atoms with Crippen LogP contribution in [0.25, 0.3) is 0 Å². The molecule has 4 heteroatoms. The lowest BCUT2D eigenvalue weighted by Gasteiger charge is -2.18. The monoisotopic (exact) mass is 236 g/mol. The molecule has 0 spiro atoms. The SMILES string of the molecule is CCOC(=O)c1ccc(C(C)C(N)CC)cn1. The van der Waals surface area contributed by atoms with Gasteiger partial charge in [0.15, 0.2) is 0 Å². The van der Waals surface area contributed by atoms with Gasteiger partial charge in [-0.15, -0.1) is 0 Å². The van der Waals surface area contributed by atoms with E-state index in [1.54, 1.807) is 19.2 Å². The Morgan fingerprint density at radius 3 is 2.65 bits per heavy atom. The maximum absolute atomic E-state index is 11.4. The van der Waals surface area contributed by atoms with Crippen molar-refractivity contribution in [3.8, 4) is 0 Å². The molecule has 1 heterocycles. The zero-order valence-electron chi connectivity index (χ0n) is 10.6. The predicted molar refractivity (Wildman–Crippen MR) is 66.9 cm³/mol. The molecular weight excluding hydrogens is 216 g/mol. The number of esters is 1. The largest absolute Gasteiger partial charge is 0.461 e. The van der Waals surface area contributed by atoms with Crippen LogP contribution < -0.4 is 5.73 Å². The lowest BCUT2D eigenvalue weighted by molar-refractivity contribution is 0.0519. The first-order valence-electron chi connectivity index (χ1n) is 5.98. The highest BCUT2D eigenvalue weighted by atomic mass is 16.5. The zero-order chi connectivity index (χ0) is 12.8. The molecule has 0 amide bonds. The molecule has 0 saturated heterocycles. The van der Waals surface area contributed by atoms with Gasteiger partial charge in [-0.2, -0.15) is 0 Å². The second-order valence-electron chi connectivity index (χ2n) is 4.06. The van der Waals surface area contributed by atoms with Crippen LogP contribution in [0.2, 0.25) is 0 Å². The normalized spacial score (nSPS) is 14.1. The van der Waals surface area contributed by atoms with Gasteiger partial charge in [-0.25, -0.2) is 9.78 Å². The van der Waals surface area contributed by atoms with Crippen molar-refractivity contribution in [1.82, 2.24) is 4.98 Å². The zero-order valence-corrected chi connectivity index (χ0v) is 10.6. The van der Waals surface area contributed by atoms with Gasteiger partial charge in [-0.1, -0.05) is 19.9 Å². The second-order valence-corrected chi connectivity index (χ2v) is 4.06. The molecule has 1 aromatic heterocycles. The van der Waals surface area contributed by atoms with E-state index in [1.165, 1.54) is 0 Å². The van der Waals surface area contributed by atoms with Crippen molar-refractivity contribution >= 4 is 5.97 Å². The third-order valence-corrected chi connectivity index (χ3v) is 2.91. The van der Waals surface area contributed by atoms with Gasteiger partial charge in [0.05, 0.1) is 6.61 Å². The molecule has 1 rings (SSSR count). The van der Waals surface area contributed by atoms with Crippen LogP contribution in [0.1, 0.15) is 49.2 Å². The predicted octanol–water partition coefficient (Wildman–Crippen LogP) is 2.10. The third-order valence-electron chi connectivity index (χ3n) is 2.91. The Hall–Kier alpha value is -1.42. The maximum atomic E-state index is 11.4. The lowest BCUT2D eigenvalue weighted by Crippen LogP contribution is -2.25. The van der Waals surface area contributed by atoms with E-state index < -0.39 is 0 Å². The highest BCUT2D eigenvalue weighted by molar-refractivity contribution is 5.87. The van der Waals surface area contributed by atoms with Gasteiger partial charge in [-0.05, 0) is 30.9 Å². The van der Waals surface area contributed by atoms with Crippen molar-refractivity contribution in [2.75, 3.05) is 6.61 Å². The first kappa shape index (κ1) is 13.6. The first-order chi connectivity index (χ1) is 8.10. The Labute approximate surface area is 102 Å². The van der Waals surface area contributed by atoms with Crippen LogP contribution in [0, 0.1) is 0 Å². The highest BCUT2D eigenvalue weighted by Gasteiger charge is 2.14. The Kier molecular flexibility index (Phi) is 5.10. The number of hydrogen-bond donors (Lipinski definition) is 1. The van der Waals surface area contributed by atoms with E-state index in [0.29, 0.717) is 12.3 Å². The van der Waals surface area contributed by atoms with Crippen LogP contribution in [0.5, 0.6) is 0 Å². The Morgan fingerprint density at radius 1 is 1.47 bits per heavy atom. The molecular formula is C13H20N2O2. The van der Waals surface area contributed by atoms with Crippen molar-refractivity contribution in [3.05, 3.63) is 29.6 Å². The van der Waals surface area contributed by atoms with Crippen LogP contribution in [0.4, 0.5) is 0 Å². The molecule has 2 unspecified atom stereocenters. The summed E-state index contributed by atoms with van der Waals surface area (Å²) in [5.74, 6) is -0.143. The van der Waals surface area contributed by atoms with E-state index >= 15 is 0 Å². The Morgan fingerprint density at radius 2 is 2.18 bits per heavy atom. The smallest absolute Gasteiger partial charge is 0.356 e. The van der Waals surface area contributed by atoms with Gasteiger partial charge in [0.25, 0.3) is 0 Å². The van der Waals surface area contributed by atoms with E-state index in [0.717, 1.165) is 12.0 Å². The standard InChI is InChI=1S/C13H20N2O2/c1-4-11(14)9(3)10-6-7-12(15-8-10)13(16)17-5-2/h6-9,11H,4-5,14H2,1-3H3. The highest BCUT2D eigenvalue weighted by Crippen LogP contribution is 2.19. The topological polar surface area (TPSA) is 65.2 Å². The maximum Gasteiger partial charge on any atom is 0.356 e. The number of nitrogens with zero attached hydrogens (tertiary/aromatic N) is 1. The van der Waals surface area contributed by atoms with Crippen LogP contribution in [0.15, 0.2) is 18.3 Å². The van der Waals surface area contributed by atoms with E-state index in [2.05, 4.69) is 18.8 Å². The van der Waals surface area contributed by atoms with E-state index in [1.807, 2.05) is 6.07 Å². The second kappa shape index (κ2) is 6.35. The first-order valence-corrected chi connectivity index (χ1v) is 5.98. The minimum atomic E-state index is -0.383. The summed E-state index contributed by atoms with van der Waals surface area (Å²) in [5.41, 5.74) is 7.36. The molecule has 0 aromatic carbocycles. The fourth-order valence-electron chi connectivity index (χ4n) is 1.60. The van der Waals surface area contributed by atoms with Crippen LogP contribution in [0.3, 0.4) is 0 Å². The average Bonchev–Trinajstić information content (AvgIpc) is 2.37. The van der Waals surface area contributed by atoms with Gasteiger partial charge >= 0.3 is 5.97 Å². The number of pyridine rings is 1. The lowest BCUT2D eigenvalue weighted by atomic mass is 9.93. The summed E-state index contributed by atoms with van der Waals surface area (Å²) < 4.78 is 4.87. The van der Waals surface area contributed by atoms with E-state index in [4.69, 9.17) is 10.5 Å². The number of aromatic nitrogens is 1. The van der Waals surface area contributed by atoms with Crippen LogP contribution in [-0.2, 0) is 4.74 Å². The van der Waals surface area contributed by atoms with Crippen LogP contribution >= 0.6 is 0 Å². The fraction of sp³-hybridized carbons (Fsp3) is 0.538. The van der Waals surface area contributed by atoms with Crippen LogP contribution in [-0.4, -0.2) is 23.6 Å². The van der Waals surface area contributed by atoms with Crippen molar-refractivity contribution in [2.24, 2.45) is 5.73 Å². The van der Waals surface area contributed by atoms with Gasteiger partial charge < -0.3 is 10.5 Å². The summed E-state index contributed by atoms with van der Waals surface area (Å²) in [6.45, 7) is 6.25. The van der Waals surface area contributed by atoms with Gasteiger partial charge in [0.2, 0.25) is 0 Å². The summed E-state index contributed by atoms with van der Waals surface area (Å²) in [5, 5.41) is 0. The fourth-order valence-corrected chi connectivity index (χ4v) is 1.60. The summed E-state index contributed by atoms with van der Waals surface area (Å²) in [4.78, 5) is 15.5. The molecule has 17 heavy (non-hydrogen) atoms. The molecule has 2 N–H and O–H groups in total. The molecule has 1 aromatic rings. The molecule has 94 valence electrons. The molecule has 0 aliphatic carbocycles. The third kappa shape index (κ3) is 3.53. The number of carbonyl (C=O) groups excluding carboxylic acids is 1. The molecule has 0 radical (unpaired) electrons. The molecule has 2 atom stereocenters. The number of ether oxygens (including phenoxy) is 1. The van der Waals surface area contributed by atoms with Gasteiger partial charge in [0.1, 0.15) is 5.69 Å². The van der Waals surface area contributed by atoms with Gasteiger partial charge in [0, 0.05) is 12.2 Å². The summed E-state index contributed by atoms with van der Waals surface area (Å²) in [6, 6.07) is 3.69. The van der Waals surface area contributed by atoms with Crippen molar-refractivity contribution in [3.63, 3.8) is 0 Å².